The number of pyridine rings is 6. The van der Waals surface area contributed by atoms with Crippen LogP contribution in [0.3, 0.4) is 0 Å². The van der Waals surface area contributed by atoms with E-state index in [0.717, 1.165) is 0 Å². The zero-order valence-corrected chi connectivity index (χ0v) is 24.8. The highest BCUT2D eigenvalue weighted by molar-refractivity contribution is 5.69. The Morgan fingerprint density at radius 2 is 0.646 bits per heavy atom. The van der Waals surface area contributed by atoms with Gasteiger partial charge in [0.25, 0.3) is 0 Å². The number of aromatic nitrogens is 9. The van der Waals surface area contributed by atoms with Gasteiger partial charge in [0.2, 0.25) is 0 Å². The van der Waals surface area contributed by atoms with Gasteiger partial charge in [-0.1, -0.05) is 18.2 Å². The molecule has 12 nitrogen and oxygen atoms in total. The molecule has 12 heteroatoms. The quantitative estimate of drug-likeness (QED) is 0.216. The second-order valence-electron chi connectivity index (χ2n) is 10.2. The summed E-state index contributed by atoms with van der Waals surface area (Å²) in [5, 5.41) is 28.0. The maximum absolute atomic E-state index is 9.35. The molecule has 0 spiro atoms. The second-order valence-corrected chi connectivity index (χ2v) is 10.2. The van der Waals surface area contributed by atoms with Crippen molar-refractivity contribution in [3.05, 3.63) is 127 Å². The van der Waals surface area contributed by atoms with Gasteiger partial charge in [0, 0.05) is 35.3 Å². The predicted molar refractivity (Wildman–Crippen MR) is 173 cm³/mol. The van der Waals surface area contributed by atoms with E-state index in [1.807, 2.05) is 36.4 Å². The Bertz CT molecular complexity index is 2190. The van der Waals surface area contributed by atoms with Crippen molar-refractivity contribution in [2.75, 3.05) is 0 Å². The topological polar surface area (TPSA) is 187 Å². The minimum atomic E-state index is 0.272. The number of hydrogen-bond donors (Lipinski definition) is 0. The van der Waals surface area contributed by atoms with Crippen molar-refractivity contribution in [1.82, 2.24) is 44.9 Å². The summed E-state index contributed by atoms with van der Waals surface area (Å²) in [6.45, 7) is 0. The molecule has 48 heavy (non-hydrogen) atoms. The summed E-state index contributed by atoms with van der Waals surface area (Å²) in [4.78, 5) is 41.0. The molecule has 0 saturated heterocycles. The lowest BCUT2D eigenvalue weighted by molar-refractivity contribution is 1.04. The molecule has 0 fully saturated rings. The minimum Gasteiger partial charge on any atom is -0.246 e. The summed E-state index contributed by atoms with van der Waals surface area (Å²) in [5.41, 5.74) is 6.14. The molecule has 7 aromatic rings. The van der Waals surface area contributed by atoms with E-state index in [1.54, 1.807) is 73.2 Å². The first-order valence-electron chi connectivity index (χ1n) is 14.4. The van der Waals surface area contributed by atoms with Gasteiger partial charge in [-0.3, -0.25) is 0 Å². The summed E-state index contributed by atoms with van der Waals surface area (Å²) >= 11 is 0. The van der Waals surface area contributed by atoms with Crippen molar-refractivity contribution in [2.24, 2.45) is 0 Å². The Hall–Kier alpha value is -7.62. The lowest BCUT2D eigenvalue weighted by atomic mass is 10.1. The van der Waals surface area contributed by atoms with Gasteiger partial charge in [0.15, 0.2) is 17.5 Å². The summed E-state index contributed by atoms with van der Waals surface area (Å²) in [7, 11) is 0. The fourth-order valence-electron chi connectivity index (χ4n) is 4.83. The molecule has 0 N–H and O–H groups in total. The van der Waals surface area contributed by atoms with Crippen LogP contribution in [0.25, 0.3) is 68.3 Å². The normalized spacial score (nSPS) is 10.4. The van der Waals surface area contributed by atoms with Crippen molar-refractivity contribution in [1.29, 1.82) is 15.8 Å². The smallest absolute Gasteiger partial charge is 0.182 e. The van der Waals surface area contributed by atoms with E-state index in [9.17, 15) is 15.8 Å². The van der Waals surface area contributed by atoms with Gasteiger partial charge in [-0.05, 0) is 72.8 Å². The van der Waals surface area contributed by atoms with Gasteiger partial charge in [0.05, 0.1) is 17.1 Å². The molecule has 7 aromatic heterocycles. The standard InChI is InChI=1S/C36H18N12/c37-19-25-16-22(10-13-40-25)28-4-1-7-31(43-28)34-46-35(32-8-2-5-29(44-32)23-11-14-41-26(17-23)20-38)48-36(47-34)33-9-3-6-30(45-33)24-12-15-42-27(18-24)21-39/h1-18H. The number of rotatable bonds is 6. The van der Waals surface area contributed by atoms with E-state index in [-0.39, 0.29) is 34.6 Å². The predicted octanol–water partition coefficient (Wildman–Crippen LogP) is 5.86. The van der Waals surface area contributed by atoms with Crippen molar-refractivity contribution in [3.63, 3.8) is 0 Å². The molecule has 0 bridgehead atoms. The maximum Gasteiger partial charge on any atom is 0.182 e. The van der Waals surface area contributed by atoms with Gasteiger partial charge < -0.3 is 0 Å². The molecule has 0 atom stereocenters. The number of nitrogens with zero attached hydrogens (tertiary/aromatic N) is 12. The van der Waals surface area contributed by atoms with Crippen LogP contribution < -0.4 is 0 Å². The lowest BCUT2D eigenvalue weighted by Crippen LogP contribution is -2.04. The third kappa shape index (κ3) is 6.02. The van der Waals surface area contributed by atoms with E-state index in [2.05, 4.69) is 33.2 Å². The first-order chi connectivity index (χ1) is 23.6. The minimum absolute atomic E-state index is 0.272. The van der Waals surface area contributed by atoms with Crippen LogP contribution in [0.15, 0.2) is 110 Å². The zero-order valence-electron chi connectivity index (χ0n) is 24.8. The van der Waals surface area contributed by atoms with Gasteiger partial charge in [0.1, 0.15) is 52.4 Å². The number of hydrogen-bond acceptors (Lipinski definition) is 12. The molecule has 0 radical (unpaired) electrons. The Balaban J connectivity index is 1.38. The van der Waals surface area contributed by atoms with Crippen molar-refractivity contribution in [3.8, 4) is 86.5 Å². The third-order valence-corrected chi connectivity index (χ3v) is 7.08. The highest BCUT2D eigenvalue weighted by atomic mass is 15.1. The summed E-state index contributed by atoms with van der Waals surface area (Å²) in [6, 6.07) is 32.8. The van der Waals surface area contributed by atoms with E-state index in [1.165, 1.54) is 0 Å². The first-order valence-corrected chi connectivity index (χ1v) is 14.4. The lowest BCUT2D eigenvalue weighted by Gasteiger charge is -2.10. The monoisotopic (exact) mass is 618 g/mol. The van der Waals surface area contributed by atoms with Crippen LogP contribution in [0.5, 0.6) is 0 Å². The SMILES string of the molecule is N#Cc1cc(-c2cccc(-c3nc(-c4cccc(-c5ccnc(C#N)c5)n4)nc(-c4cccc(-c5ccnc(C#N)c5)n4)n3)n2)ccn1. The Morgan fingerprint density at radius 1 is 0.354 bits per heavy atom. The molecule has 0 amide bonds. The molecular formula is C36H18N12. The van der Waals surface area contributed by atoms with E-state index in [4.69, 9.17) is 29.9 Å². The first kappa shape index (κ1) is 29.1. The fraction of sp³-hybridized carbons (Fsp3) is 0. The maximum atomic E-state index is 9.35. The van der Waals surface area contributed by atoms with E-state index < -0.39 is 0 Å². The van der Waals surface area contributed by atoms with Crippen LogP contribution >= 0.6 is 0 Å². The van der Waals surface area contributed by atoms with Crippen LogP contribution in [0.4, 0.5) is 0 Å². The molecular weight excluding hydrogens is 600 g/mol. The van der Waals surface area contributed by atoms with Crippen molar-refractivity contribution >= 4 is 0 Å². The van der Waals surface area contributed by atoms with Gasteiger partial charge in [-0.25, -0.2) is 44.9 Å². The zero-order chi connectivity index (χ0) is 32.9. The van der Waals surface area contributed by atoms with Gasteiger partial charge >= 0.3 is 0 Å². The number of nitriles is 3. The highest BCUT2D eigenvalue weighted by Crippen LogP contribution is 2.28. The van der Waals surface area contributed by atoms with E-state index >= 15 is 0 Å². The largest absolute Gasteiger partial charge is 0.246 e. The Morgan fingerprint density at radius 3 is 0.938 bits per heavy atom. The third-order valence-electron chi connectivity index (χ3n) is 7.08. The Kier molecular flexibility index (Phi) is 7.75. The van der Waals surface area contributed by atoms with E-state index in [0.29, 0.717) is 50.9 Å². The van der Waals surface area contributed by atoms with Crippen LogP contribution in [0.2, 0.25) is 0 Å². The molecule has 0 unspecified atom stereocenters. The molecule has 0 aliphatic rings. The fourth-order valence-corrected chi connectivity index (χ4v) is 4.83. The van der Waals surface area contributed by atoms with Crippen LogP contribution in [0.1, 0.15) is 17.1 Å². The van der Waals surface area contributed by atoms with Crippen LogP contribution in [-0.4, -0.2) is 44.9 Å². The molecule has 0 saturated carbocycles. The Labute approximate surface area is 273 Å². The van der Waals surface area contributed by atoms with Gasteiger partial charge in [-0.2, -0.15) is 15.8 Å². The summed E-state index contributed by atoms with van der Waals surface area (Å²) in [5.74, 6) is 0.825. The van der Waals surface area contributed by atoms with Crippen LogP contribution in [0, 0.1) is 34.0 Å². The highest BCUT2D eigenvalue weighted by Gasteiger charge is 2.17. The van der Waals surface area contributed by atoms with Crippen molar-refractivity contribution in [2.45, 2.75) is 0 Å². The molecule has 7 rings (SSSR count). The van der Waals surface area contributed by atoms with Gasteiger partial charge in [-0.15, -0.1) is 0 Å². The summed E-state index contributed by atoms with van der Waals surface area (Å²) < 4.78 is 0. The van der Waals surface area contributed by atoms with Crippen LogP contribution in [-0.2, 0) is 0 Å². The molecule has 0 aliphatic carbocycles. The summed E-state index contributed by atoms with van der Waals surface area (Å²) in [6.07, 6.45) is 4.68. The van der Waals surface area contributed by atoms with Crippen molar-refractivity contribution < 1.29 is 0 Å². The molecule has 0 aliphatic heterocycles. The molecule has 222 valence electrons. The average Bonchev–Trinajstić information content (AvgIpc) is 3.18. The molecule has 7 heterocycles. The average molecular weight is 619 g/mol. The second kappa shape index (κ2) is 12.8. The molecule has 0 aromatic carbocycles.